The Morgan fingerprint density at radius 2 is 1.64 bits per heavy atom. The number of nitrogen functional groups attached to an aromatic ring is 1. The number of rotatable bonds is 14. The topological polar surface area (TPSA) is 218 Å². The van der Waals surface area contributed by atoms with Gasteiger partial charge in [-0.25, -0.2) is 19.7 Å². The molecule has 16 heteroatoms. The van der Waals surface area contributed by atoms with E-state index in [0.29, 0.717) is 71.6 Å². The van der Waals surface area contributed by atoms with Crippen molar-refractivity contribution >= 4 is 51.1 Å². The normalized spacial score (nSPS) is 14.2. The van der Waals surface area contributed by atoms with Gasteiger partial charge in [0, 0.05) is 37.2 Å². The first-order valence-electron chi connectivity index (χ1n) is 17.9. The van der Waals surface area contributed by atoms with E-state index in [1.165, 1.54) is 10.9 Å². The number of carbonyl (C=O) groups excluding carboxylic acids is 2. The molecule has 5 N–H and O–H groups in total. The van der Waals surface area contributed by atoms with Crippen LogP contribution < -0.4 is 32.4 Å². The average Bonchev–Trinajstić information content (AvgIpc) is 4.09. The van der Waals surface area contributed by atoms with Crippen LogP contribution in [-0.2, 0) is 17.9 Å². The van der Waals surface area contributed by atoms with Crippen LogP contribution in [0.3, 0.4) is 0 Å². The molecule has 272 valence electrons. The van der Waals surface area contributed by atoms with E-state index in [9.17, 15) is 19.2 Å². The molecule has 0 radical (unpaired) electrons. The van der Waals surface area contributed by atoms with E-state index in [1.54, 1.807) is 16.7 Å². The molecular weight excluding hydrogens is 678 g/mol. The number of aryl methyl sites for hydroxylation is 1. The van der Waals surface area contributed by atoms with Gasteiger partial charge in [0.25, 0.3) is 11.5 Å². The molecule has 0 spiro atoms. The minimum atomic E-state index is -0.396. The molecule has 2 saturated carbocycles. The lowest BCUT2D eigenvalue weighted by atomic mass is 10.1. The number of ether oxygens (including phenoxy) is 1. The molecule has 4 aromatic heterocycles. The third-order valence-electron chi connectivity index (χ3n) is 9.65. The molecule has 0 atom stereocenters. The van der Waals surface area contributed by atoms with Gasteiger partial charge in [-0.05, 0) is 74.3 Å². The number of nitrogens with two attached hydrogens (primary N) is 1. The summed E-state index contributed by atoms with van der Waals surface area (Å²) in [5.41, 5.74) is 10.6. The van der Waals surface area contributed by atoms with E-state index >= 15 is 0 Å². The maximum Gasteiger partial charge on any atom is 0.333 e. The Bertz CT molecular complexity index is 2500. The minimum Gasteiger partial charge on any atom is -0.471 e. The van der Waals surface area contributed by atoms with Gasteiger partial charge in [0.1, 0.15) is 12.1 Å². The Labute approximate surface area is 302 Å². The lowest BCUT2D eigenvalue weighted by molar-refractivity contribution is -0.121. The fourth-order valence-corrected chi connectivity index (χ4v) is 6.48. The summed E-state index contributed by atoms with van der Waals surface area (Å²) in [6.45, 7) is 2.97. The molecule has 2 fully saturated rings. The van der Waals surface area contributed by atoms with Crippen molar-refractivity contribution in [1.29, 1.82) is 0 Å². The Balaban J connectivity index is 0.791. The Morgan fingerprint density at radius 3 is 2.42 bits per heavy atom. The third kappa shape index (κ3) is 7.16. The molecule has 0 saturated heterocycles. The number of fused-ring (bicyclic) bond motifs is 3. The van der Waals surface area contributed by atoms with Gasteiger partial charge in [-0.3, -0.25) is 23.5 Å². The largest absolute Gasteiger partial charge is 0.471 e. The van der Waals surface area contributed by atoms with E-state index in [1.807, 2.05) is 31.2 Å². The van der Waals surface area contributed by atoms with E-state index in [4.69, 9.17) is 15.5 Å². The number of H-pyrrole nitrogens is 1. The molecule has 2 aliphatic carbocycles. The predicted octanol–water partition coefficient (Wildman–Crippen LogP) is 3.52. The molecule has 8 rings (SSSR count). The first-order chi connectivity index (χ1) is 25.7. The predicted molar refractivity (Wildman–Crippen MR) is 196 cm³/mol. The van der Waals surface area contributed by atoms with Crippen LogP contribution >= 0.6 is 0 Å². The number of aromatic nitrogens is 8. The van der Waals surface area contributed by atoms with Crippen LogP contribution in [0.1, 0.15) is 90.5 Å². The summed E-state index contributed by atoms with van der Waals surface area (Å²) in [6, 6.07) is 11.1. The van der Waals surface area contributed by atoms with E-state index in [-0.39, 0.29) is 53.3 Å². The zero-order valence-electron chi connectivity index (χ0n) is 29.2. The molecule has 2 aromatic carbocycles. The number of hydrogen-bond acceptors (Lipinski definition) is 11. The summed E-state index contributed by atoms with van der Waals surface area (Å²) in [4.78, 5) is 76.9. The molecule has 53 heavy (non-hydrogen) atoms. The maximum absolute atomic E-state index is 13.3. The van der Waals surface area contributed by atoms with Crippen LogP contribution in [0.15, 0.2) is 52.3 Å². The lowest BCUT2D eigenvalue weighted by Crippen LogP contribution is -2.40. The van der Waals surface area contributed by atoms with Gasteiger partial charge in [0.2, 0.25) is 17.7 Å². The van der Waals surface area contributed by atoms with Crippen molar-refractivity contribution in [2.75, 3.05) is 12.3 Å². The van der Waals surface area contributed by atoms with Gasteiger partial charge in [0.05, 0.1) is 17.4 Å². The van der Waals surface area contributed by atoms with Crippen molar-refractivity contribution in [3.05, 3.63) is 85.8 Å². The molecule has 6 aromatic rings. The van der Waals surface area contributed by atoms with E-state index in [0.717, 1.165) is 43.2 Å². The number of unbranched alkanes of at least 4 members (excludes halogenated alkanes) is 2. The van der Waals surface area contributed by atoms with Gasteiger partial charge < -0.3 is 26.1 Å². The second-order valence-electron chi connectivity index (χ2n) is 13.8. The molecule has 4 heterocycles. The molecular formula is C37H39N11O5. The van der Waals surface area contributed by atoms with Crippen molar-refractivity contribution in [3.63, 3.8) is 0 Å². The first-order valence-corrected chi connectivity index (χ1v) is 17.9. The van der Waals surface area contributed by atoms with Crippen molar-refractivity contribution in [2.24, 2.45) is 0 Å². The third-order valence-corrected chi connectivity index (χ3v) is 9.65. The quantitative estimate of drug-likeness (QED) is 0.0944. The van der Waals surface area contributed by atoms with Gasteiger partial charge in [-0.2, -0.15) is 9.97 Å². The summed E-state index contributed by atoms with van der Waals surface area (Å²) in [5.74, 6) is 0.143. The smallest absolute Gasteiger partial charge is 0.333 e. The zero-order chi connectivity index (χ0) is 36.6. The highest BCUT2D eigenvalue weighted by atomic mass is 16.5. The first kappa shape index (κ1) is 33.9. The summed E-state index contributed by atoms with van der Waals surface area (Å²) in [7, 11) is 0. The van der Waals surface area contributed by atoms with Crippen molar-refractivity contribution < 1.29 is 14.3 Å². The number of anilines is 1. The second-order valence-corrected chi connectivity index (χ2v) is 13.8. The van der Waals surface area contributed by atoms with Gasteiger partial charge >= 0.3 is 5.69 Å². The standard InChI is InChI=1S/C37H39N11O5/c1-20-15-26-27(44-32-30(43-26)35(51)48(24-12-13-24)37(52)47(32)23-10-11-23)16-25(20)33(50)39-14-4-2-3-5-28(49)40-17-21-6-8-22(9-7-21)18-53-34-29-31(42-19-41-29)45-36(38)46-34/h6-9,15-16,19,23-24H,2-5,10-14,17-18H2,1H3,(H,39,50)(H,40,49)(H3,38,41,42,45,46). The molecule has 2 amide bonds. The highest BCUT2D eigenvalue weighted by Crippen LogP contribution is 2.37. The molecule has 0 aliphatic heterocycles. The van der Waals surface area contributed by atoms with Gasteiger partial charge in [-0.15, -0.1) is 0 Å². The van der Waals surface area contributed by atoms with Crippen LogP contribution in [0.5, 0.6) is 5.88 Å². The van der Waals surface area contributed by atoms with Crippen molar-refractivity contribution in [2.45, 2.75) is 83.5 Å². The van der Waals surface area contributed by atoms with E-state index in [2.05, 4.69) is 35.6 Å². The lowest BCUT2D eigenvalue weighted by Gasteiger charge is -2.13. The number of nitrogens with one attached hydrogen (secondary N) is 3. The number of aromatic amines is 1. The van der Waals surface area contributed by atoms with Crippen LogP contribution in [0, 0.1) is 6.92 Å². The number of imidazole rings is 1. The summed E-state index contributed by atoms with van der Waals surface area (Å²) < 4.78 is 8.80. The fraction of sp³-hybridized carbons (Fsp3) is 0.378. The molecule has 2 aliphatic rings. The second kappa shape index (κ2) is 14.1. The van der Waals surface area contributed by atoms with Crippen LogP contribution in [-0.4, -0.2) is 57.4 Å². The van der Waals surface area contributed by atoms with Gasteiger partial charge in [-0.1, -0.05) is 30.7 Å². The highest BCUT2D eigenvalue weighted by Gasteiger charge is 2.34. The Morgan fingerprint density at radius 1 is 0.906 bits per heavy atom. The van der Waals surface area contributed by atoms with Crippen molar-refractivity contribution in [3.8, 4) is 5.88 Å². The summed E-state index contributed by atoms with van der Waals surface area (Å²) >= 11 is 0. The fourth-order valence-electron chi connectivity index (χ4n) is 6.48. The number of amides is 2. The van der Waals surface area contributed by atoms with Crippen molar-refractivity contribution in [1.82, 2.24) is 49.7 Å². The van der Waals surface area contributed by atoms with Crippen LogP contribution in [0.25, 0.3) is 33.4 Å². The average molecular weight is 718 g/mol. The molecule has 0 bridgehead atoms. The zero-order valence-corrected chi connectivity index (χ0v) is 29.2. The highest BCUT2D eigenvalue weighted by molar-refractivity contribution is 5.99. The van der Waals surface area contributed by atoms with Gasteiger partial charge in [0.15, 0.2) is 16.8 Å². The summed E-state index contributed by atoms with van der Waals surface area (Å²) in [5, 5.41) is 5.93. The van der Waals surface area contributed by atoms with E-state index < -0.39 is 5.56 Å². The molecule has 0 unspecified atom stereocenters. The summed E-state index contributed by atoms with van der Waals surface area (Å²) in [6.07, 6.45) is 7.42. The Kier molecular flexibility index (Phi) is 9.02. The Hall–Kier alpha value is -6.19. The van der Waals surface area contributed by atoms with Crippen LogP contribution in [0.2, 0.25) is 0 Å². The number of hydrogen-bond donors (Lipinski definition) is 4. The minimum absolute atomic E-state index is 0.0136. The number of benzene rings is 2. The monoisotopic (exact) mass is 717 g/mol. The maximum atomic E-state index is 13.3. The van der Waals surface area contributed by atoms with Crippen LogP contribution in [0.4, 0.5) is 5.95 Å². The number of nitrogens with zero attached hydrogens (tertiary/aromatic N) is 7. The molecule has 16 nitrogen and oxygen atoms in total. The SMILES string of the molecule is Cc1cc2nc3c(=O)n(C4CC4)c(=O)n(C4CC4)c3nc2cc1C(=O)NCCCCCC(=O)NCc1ccc(COc2nc(N)nc3nc[nH]c23)cc1. The number of carbonyl (C=O) groups is 2.